The number of aryl methyl sites for hydroxylation is 1. The molecule has 0 N–H and O–H groups in total. The number of fused-ring (bicyclic) bond motifs is 1. The van der Waals surface area contributed by atoms with Crippen LogP contribution in [0.1, 0.15) is 36.6 Å². The quantitative estimate of drug-likeness (QED) is 0.0735. The number of ether oxygens (including phenoxy) is 8. The lowest BCUT2D eigenvalue weighted by Gasteiger charge is -2.17. The van der Waals surface area contributed by atoms with Crippen LogP contribution < -0.4 is 9.47 Å². The molecule has 2 saturated heterocycles. The molecule has 0 bridgehead atoms. The van der Waals surface area contributed by atoms with Gasteiger partial charge in [0.25, 0.3) is 0 Å². The lowest BCUT2D eigenvalue weighted by Crippen LogP contribution is -2.36. The molecule has 13 nitrogen and oxygen atoms in total. The molecule has 47 heavy (non-hydrogen) atoms. The Bertz CT molecular complexity index is 1610. The summed E-state index contributed by atoms with van der Waals surface area (Å²) in [5, 5.41) is 0. The molecule has 3 aromatic rings. The van der Waals surface area contributed by atoms with Crippen molar-refractivity contribution in [3.05, 3.63) is 108 Å². The van der Waals surface area contributed by atoms with Crippen molar-refractivity contribution in [2.75, 3.05) is 26.4 Å². The summed E-state index contributed by atoms with van der Waals surface area (Å²) in [5.41, 5.74) is 1.81. The van der Waals surface area contributed by atoms with Crippen molar-refractivity contribution in [3.8, 4) is 11.5 Å². The first-order chi connectivity index (χ1) is 22.7. The maximum absolute atomic E-state index is 12.8. The molecule has 0 amide bonds. The van der Waals surface area contributed by atoms with Gasteiger partial charge in [-0.25, -0.2) is 24.0 Å². The minimum Gasteiger partial charge on any atom is -0.459 e. The minimum atomic E-state index is -1.02. The van der Waals surface area contributed by atoms with Gasteiger partial charge >= 0.3 is 30.0 Å². The van der Waals surface area contributed by atoms with Crippen molar-refractivity contribution in [2.24, 2.45) is 0 Å². The molecule has 4 atom stereocenters. The summed E-state index contributed by atoms with van der Waals surface area (Å²) in [5.74, 6) is -2.18. The maximum atomic E-state index is 12.8. The van der Waals surface area contributed by atoms with Gasteiger partial charge in [-0.3, -0.25) is 0 Å². The molecule has 0 unspecified atom stereocenters. The van der Waals surface area contributed by atoms with E-state index in [0.29, 0.717) is 5.56 Å². The Morgan fingerprint density at radius 2 is 1.11 bits per heavy atom. The highest BCUT2D eigenvalue weighted by Crippen LogP contribution is 2.31. The topological polar surface area (TPSA) is 159 Å². The van der Waals surface area contributed by atoms with E-state index in [1.165, 1.54) is 48.5 Å². The fourth-order valence-electron chi connectivity index (χ4n) is 4.67. The molecule has 2 aliphatic heterocycles. The first-order valence-corrected chi connectivity index (χ1v) is 14.5. The van der Waals surface area contributed by atoms with Gasteiger partial charge in [0.1, 0.15) is 36.9 Å². The van der Waals surface area contributed by atoms with E-state index in [4.69, 9.17) is 33.2 Å². The van der Waals surface area contributed by atoms with Gasteiger partial charge in [-0.15, -0.1) is 0 Å². The monoisotopic (exact) mass is 646 g/mol. The van der Waals surface area contributed by atoms with Gasteiger partial charge in [-0.2, -0.15) is 0 Å². The van der Waals surface area contributed by atoms with Crippen molar-refractivity contribution >= 4 is 30.0 Å². The van der Waals surface area contributed by atoms with Crippen molar-refractivity contribution in [2.45, 2.75) is 31.3 Å². The average molecular weight is 647 g/mol. The van der Waals surface area contributed by atoms with E-state index < -0.39 is 54.4 Å². The number of benzene rings is 3. The highest BCUT2D eigenvalue weighted by atomic mass is 16.7. The van der Waals surface area contributed by atoms with Crippen molar-refractivity contribution in [1.82, 2.24) is 0 Å². The van der Waals surface area contributed by atoms with E-state index in [9.17, 15) is 24.0 Å². The van der Waals surface area contributed by atoms with Crippen LogP contribution in [0.4, 0.5) is 4.79 Å². The Kier molecular flexibility index (Phi) is 10.6. The van der Waals surface area contributed by atoms with Crippen LogP contribution in [0.3, 0.4) is 0 Å². The smallest absolute Gasteiger partial charge is 0.459 e. The van der Waals surface area contributed by atoms with Crippen molar-refractivity contribution in [1.29, 1.82) is 0 Å². The Morgan fingerprint density at radius 3 is 1.62 bits per heavy atom. The zero-order chi connectivity index (χ0) is 33.3. The van der Waals surface area contributed by atoms with Crippen LogP contribution in [0.2, 0.25) is 0 Å². The first kappa shape index (κ1) is 32.9. The molecule has 3 aromatic carbocycles. The van der Waals surface area contributed by atoms with Gasteiger partial charge in [0.2, 0.25) is 0 Å². The van der Waals surface area contributed by atoms with Gasteiger partial charge in [0.05, 0.1) is 29.9 Å². The van der Waals surface area contributed by atoms with Gasteiger partial charge in [-0.1, -0.05) is 24.3 Å². The molecule has 2 fully saturated rings. The van der Waals surface area contributed by atoms with Crippen LogP contribution >= 0.6 is 0 Å². The third-order valence-electron chi connectivity index (χ3n) is 7.07. The van der Waals surface area contributed by atoms with Crippen molar-refractivity contribution < 1.29 is 61.9 Å². The molecule has 13 heteroatoms. The second-order valence-corrected chi connectivity index (χ2v) is 10.4. The predicted molar refractivity (Wildman–Crippen MR) is 160 cm³/mol. The van der Waals surface area contributed by atoms with Crippen LogP contribution in [0, 0.1) is 6.92 Å². The molecule has 0 saturated carbocycles. The number of carbonyl (C=O) groups excluding carboxylic acids is 5. The Hall–Kier alpha value is -5.53. The van der Waals surface area contributed by atoms with E-state index in [1.54, 1.807) is 12.1 Å². The molecule has 5 rings (SSSR count). The molecular weight excluding hydrogens is 616 g/mol. The third kappa shape index (κ3) is 8.60. The lowest BCUT2D eigenvalue weighted by atomic mass is 10.1. The summed E-state index contributed by atoms with van der Waals surface area (Å²) in [4.78, 5) is 60.7. The van der Waals surface area contributed by atoms with E-state index in [0.717, 1.165) is 11.6 Å². The van der Waals surface area contributed by atoms with E-state index in [2.05, 4.69) is 11.3 Å². The molecule has 0 aliphatic carbocycles. The van der Waals surface area contributed by atoms with Crippen molar-refractivity contribution in [3.63, 3.8) is 0 Å². The Labute approximate surface area is 268 Å². The number of hydrogen-bond acceptors (Lipinski definition) is 13. The van der Waals surface area contributed by atoms with Crippen LogP contribution in [0.25, 0.3) is 0 Å². The maximum Gasteiger partial charge on any atom is 0.513 e. The molecule has 244 valence electrons. The molecule has 2 aliphatic rings. The summed E-state index contributed by atoms with van der Waals surface area (Å²) in [6.07, 6.45) is -2.54. The standard InChI is InChI=1S/C34H30O13/c1-3-28(35)40-16-17-41-34(39)45-25-14-10-22(11-15-25)31(36)44-24-12-8-23(9-13-24)33(38)47-27-19-43-29-26(18-42-30(27)29)46-32(37)21-6-4-20(2)5-7-21/h3-15,26-27,29-30H,1,16-19H2,2H3/t26-,27-,29+,30+/m1/s1. The summed E-state index contributed by atoms with van der Waals surface area (Å²) in [6, 6.07) is 18.3. The largest absolute Gasteiger partial charge is 0.513 e. The number of rotatable bonds is 11. The lowest BCUT2D eigenvalue weighted by molar-refractivity contribution is -0.138. The average Bonchev–Trinajstić information content (AvgIpc) is 3.66. The minimum absolute atomic E-state index is 0.0770. The molecule has 0 aromatic heterocycles. The molecule has 0 spiro atoms. The number of hydrogen-bond donors (Lipinski definition) is 0. The van der Waals surface area contributed by atoms with Gasteiger partial charge in [0.15, 0.2) is 12.2 Å². The fraction of sp³-hybridized carbons (Fsp3) is 0.265. The summed E-state index contributed by atoms with van der Waals surface area (Å²) < 4.78 is 42.6. The first-order valence-electron chi connectivity index (χ1n) is 14.5. The Balaban J connectivity index is 1.06. The molecule has 0 radical (unpaired) electrons. The number of esters is 4. The summed E-state index contributed by atoms with van der Waals surface area (Å²) in [6.45, 7) is 4.99. The van der Waals surface area contributed by atoms with Gasteiger partial charge in [0, 0.05) is 6.08 Å². The zero-order valence-electron chi connectivity index (χ0n) is 25.2. The number of carbonyl (C=O) groups is 5. The third-order valence-corrected chi connectivity index (χ3v) is 7.07. The van der Waals surface area contributed by atoms with Crippen LogP contribution in [0.5, 0.6) is 11.5 Å². The van der Waals surface area contributed by atoms with E-state index in [-0.39, 0.29) is 49.1 Å². The highest BCUT2D eigenvalue weighted by molar-refractivity contribution is 5.92. The molecular formula is C34H30O13. The fourth-order valence-corrected chi connectivity index (χ4v) is 4.67. The van der Waals surface area contributed by atoms with E-state index in [1.807, 2.05) is 19.1 Å². The Morgan fingerprint density at radius 1 is 0.660 bits per heavy atom. The van der Waals surface area contributed by atoms with Crippen LogP contribution in [0.15, 0.2) is 85.5 Å². The predicted octanol–water partition coefficient (Wildman–Crippen LogP) is 4.01. The van der Waals surface area contributed by atoms with Crippen LogP contribution in [-0.2, 0) is 33.2 Å². The second-order valence-electron chi connectivity index (χ2n) is 10.4. The second kappa shape index (κ2) is 15.2. The normalized spacial score (nSPS) is 19.5. The summed E-state index contributed by atoms with van der Waals surface area (Å²) >= 11 is 0. The van der Waals surface area contributed by atoms with E-state index >= 15 is 0 Å². The molecule has 2 heterocycles. The zero-order valence-corrected chi connectivity index (χ0v) is 25.2. The van der Waals surface area contributed by atoms with Gasteiger partial charge < -0.3 is 37.9 Å². The summed E-state index contributed by atoms with van der Waals surface area (Å²) in [7, 11) is 0. The SMILES string of the molecule is C=CC(=O)OCCOC(=O)Oc1ccc(C(=O)Oc2ccc(C(=O)O[C@@H]3CO[C@@H]4[C@H]3OC[C@H]4OC(=O)c3ccc(C)cc3)cc2)cc1. The highest BCUT2D eigenvalue weighted by Gasteiger charge is 2.51. The van der Waals surface area contributed by atoms with Crippen LogP contribution in [-0.4, -0.2) is 80.9 Å². The van der Waals surface area contributed by atoms with Gasteiger partial charge in [-0.05, 0) is 67.6 Å².